The Balaban J connectivity index is 2.08. The van der Waals surface area contributed by atoms with Crippen molar-refractivity contribution in [2.24, 2.45) is 0 Å². The molecule has 17 heavy (non-hydrogen) atoms. The van der Waals surface area contributed by atoms with Gasteiger partial charge in [-0.1, -0.05) is 42.5 Å². The fourth-order valence-electron chi connectivity index (χ4n) is 1.65. The van der Waals surface area contributed by atoms with E-state index in [4.69, 9.17) is 4.74 Å². The van der Waals surface area contributed by atoms with Crippen molar-refractivity contribution in [3.63, 3.8) is 0 Å². The number of rotatable bonds is 4. The maximum absolute atomic E-state index is 12.1. The van der Waals surface area contributed by atoms with Crippen LogP contribution in [0, 0.1) is 0 Å². The Morgan fingerprint density at radius 3 is 2.24 bits per heavy atom. The highest BCUT2D eigenvalue weighted by Crippen LogP contribution is 2.26. The molecule has 2 nitrogen and oxygen atoms in total. The molecule has 0 aromatic heterocycles. The molecule has 2 rings (SSSR count). The van der Waals surface area contributed by atoms with Crippen molar-refractivity contribution in [2.45, 2.75) is 6.16 Å². The first-order valence-corrected chi connectivity index (χ1v) is 7.12. The summed E-state index contributed by atoms with van der Waals surface area (Å²) in [6.45, 7) is 0. The monoisotopic (exact) mass is 246 g/mol. The minimum atomic E-state index is -1.73. The third-order valence-electron chi connectivity index (χ3n) is 2.62. The Morgan fingerprint density at radius 2 is 1.65 bits per heavy atom. The predicted octanol–water partition coefficient (Wildman–Crippen LogP) is 3.08. The van der Waals surface area contributed by atoms with Gasteiger partial charge in [-0.25, -0.2) is 0 Å². The third-order valence-corrected chi connectivity index (χ3v) is 4.33. The molecule has 1 atom stereocenters. The average Bonchev–Trinajstić information content (AvgIpc) is 2.40. The van der Waals surface area contributed by atoms with Gasteiger partial charge in [0.15, 0.2) is 0 Å². The highest BCUT2D eigenvalue weighted by atomic mass is 31.1. The Bertz CT molecular complexity index is 491. The first-order valence-electron chi connectivity index (χ1n) is 5.51. The average molecular weight is 246 g/mol. The van der Waals surface area contributed by atoms with Crippen molar-refractivity contribution in [3.05, 3.63) is 60.2 Å². The summed E-state index contributed by atoms with van der Waals surface area (Å²) < 4.78 is 17.2. The lowest BCUT2D eigenvalue weighted by Gasteiger charge is -2.04. The summed E-state index contributed by atoms with van der Waals surface area (Å²) in [5, 5.41) is 0.938. The van der Waals surface area contributed by atoms with Crippen LogP contribution in [0.3, 0.4) is 0 Å². The molecular weight excluding hydrogens is 231 g/mol. The molecule has 0 heterocycles. The normalized spacial score (nSPS) is 12.1. The lowest BCUT2D eigenvalue weighted by molar-refractivity contribution is 0.414. The summed E-state index contributed by atoms with van der Waals surface area (Å²) >= 11 is 0. The van der Waals surface area contributed by atoms with Crippen LogP contribution >= 0.6 is 7.80 Å². The van der Waals surface area contributed by atoms with Crippen molar-refractivity contribution in [2.75, 3.05) is 7.11 Å². The molecular formula is C14H15O2P. The lowest BCUT2D eigenvalue weighted by Crippen LogP contribution is -1.96. The maximum Gasteiger partial charge on any atom is 0.118 e. The minimum absolute atomic E-state index is 0.610. The zero-order chi connectivity index (χ0) is 12.1. The van der Waals surface area contributed by atoms with Gasteiger partial charge in [-0.2, -0.15) is 0 Å². The van der Waals surface area contributed by atoms with Crippen LogP contribution in [-0.4, -0.2) is 7.11 Å². The summed E-state index contributed by atoms with van der Waals surface area (Å²) in [5.74, 6) is 0.827. The molecule has 0 amide bonds. The molecule has 0 radical (unpaired) electrons. The summed E-state index contributed by atoms with van der Waals surface area (Å²) in [5.41, 5.74) is 1.08. The second-order valence-electron chi connectivity index (χ2n) is 3.81. The van der Waals surface area contributed by atoms with E-state index in [9.17, 15) is 4.57 Å². The number of ether oxygens (including phenoxy) is 1. The molecule has 0 bridgehead atoms. The summed E-state index contributed by atoms with van der Waals surface area (Å²) in [6, 6.07) is 17.3. The van der Waals surface area contributed by atoms with Crippen LogP contribution in [0.15, 0.2) is 54.6 Å². The van der Waals surface area contributed by atoms with Gasteiger partial charge in [-0.15, -0.1) is 0 Å². The molecule has 0 fully saturated rings. The Hall–Kier alpha value is -1.53. The van der Waals surface area contributed by atoms with E-state index in [1.54, 1.807) is 7.11 Å². The highest BCUT2D eigenvalue weighted by molar-refractivity contribution is 7.52. The second-order valence-corrected chi connectivity index (χ2v) is 5.59. The van der Waals surface area contributed by atoms with E-state index in [0.29, 0.717) is 6.16 Å². The molecule has 0 spiro atoms. The fourth-order valence-corrected chi connectivity index (χ4v) is 3.03. The number of hydrogen-bond donors (Lipinski definition) is 0. The van der Waals surface area contributed by atoms with Crippen LogP contribution in [0.1, 0.15) is 5.56 Å². The fraction of sp³-hybridized carbons (Fsp3) is 0.143. The lowest BCUT2D eigenvalue weighted by atomic mass is 10.2. The van der Waals surface area contributed by atoms with Gasteiger partial charge in [0.2, 0.25) is 0 Å². The van der Waals surface area contributed by atoms with E-state index in [1.165, 1.54) is 0 Å². The first-order chi connectivity index (χ1) is 8.29. The Kier molecular flexibility index (Phi) is 4.00. The molecule has 1 unspecified atom stereocenters. The van der Waals surface area contributed by atoms with Gasteiger partial charge in [-0.05, 0) is 17.7 Å². The van der Waals surface area contributed by atoms with E-state index >= 15 is 0 Å². The van der Waals surface area contributed by atoms with Gasteiger partial charge < -0.3 is 9.30 Å². The SMILES string of the molecule is COc1ccc(C[PH](=O)c2ccccc2)cc1. The summed E-state index contributed by atoms with van der Waals surface area (Å²) in [4.78, 5) is 0. The van der Waals surface area contributed by atoms with E-state index in [0.717, 1.165) is 16.6 Å². The highest BCUT2D eigenvalue weighted by Gasteiger charge is 2.04. The molecule has 0 aliphatic carbocycles. The zero-order valence-electron chi connectivity index (χ0n) is 9.72. The standard InChI is InChI=1S/C14H15O2P/c1-16-13-9-7-12(8-10-13)11-17(15)14-5-3-2-4-6-14/h2-10,17H,11H2,1H3. The van der Waals surface area contributed by atoms with Gasteiger partial charge in [-0.3, -0.25) is 0 Å². The topological polar surface area (TPSA) is 26.3 Å². The molecule has 0 aliphatic rings. The molecule has 0 N–H and O–H groups in total. The van der Waals surface area contributed by atoms with Crippen LogP contribution in [0.2, 0.25) is 0 Å². The minimum Gasteiger partial charge on any atom is -0.497 e. The number of methoxy groups -OCH3 is 1. The van der Waals surface area contributed by atoms with Gasteiger partial charge in [0, 0.05) is 11.5 Å². The van der Waals surface area contributed by atoms with Crippen LogP contribution in [-0.2, 0) is 10.7 Å². The van der Waals surface area contributed by atoms with Crippen molar-refractivity contribution < 1.29 is 9.30 Å². The van der Waals surface area contributed by atoms with Crippen molar-refractivity contribution in [1.82, 2.24) is 0 Å². The quantitative estimate of drug-likeness (QED) is 0.775. The van der Waals surface area contributed by atoms with Gasteiger partial charge >= 0.3 is 0 Å². The van der Waals surface area contributed by atoms with Crippen molar-refractivity contribution in [1.29, 1.82) is 0 Å². The van der Waals surface area contributed by atoms with Crippen LogP contribution in [0.5, 0.6) is 5.75 Å². The van der Waals surface area contributed by atoms with Gasteiger partial charge in [0.1, 0.15) is 13.6 Å². The maximum atomic E-state index is 12.1. The van der Waals surface area contributed by atoms with Crippen LogP contribution in [0.25, 0.3) is 0 Å². The van der Waals surface area contributed by atoms with Gasteiger partial charge in [0.25, 0.3) is 0 Å². The number of benzene rings is 2. The molecule has 0 saturated carbocycles. The predicted molar refractivity (Wildman–Crippen MR) is 71.8 cm³/mol. The van der Waals surface area contributed by atoms with Crippen LogP contribution in [0.4, 0.5) is 0 Å². The first kappa shape index (κ1) is 11.9. The molecule has 2 aromatic carbocycles. The van der Waals surface area contributed by atoms with Crippen molar-refractivity contribution >= 4 is 13.1 Å². The summed E-state index contributed by atoms with van der Waals surface area (Å²) in [6.07, 6.45) is 0.610. The van der Waals surface area contributed by atoms with E-state index < -0.39 is 7.80 Å². The van der Waals surface area contributed by atoms with Crippen molar-refractivity contribution in [3.8, 4) is 5.75 Å². The second kappa shape index (κ2) is 5.70. The van der Waals surface area contributed by atoms with Crippen LogP contribution < -0.4 is 10.0 Å². The molecule has 2 aromatic rings. The largest absolute Gasteiger partial charge is 0.497 e. The molecule has 0 aliphatic heterocycles. The Labute approximate surface area is 102 Å². The molecule has 0 saturated heterocycles. The summed E-state index contributed by atoms with van der Waals surface area (Å²) in [7, 11) is -0.0889. The van der Waals surface area contributed by atoms with Gasteiger partial charge in [0.05, 0.1) is 7.11 Å². The third kappa shape index (κ3) is 3.21. The zero-order valence-corrected chi connectivity index (χ0v) is 10.7. The molecule has 88 valence electrons. The van der Waals surface area contributed by atoms with E-state index in [1.807, 2.05) is 54.6 Å². The molecule has 3 heteroatoms. The van der Waals surface area contributed by atoms with E-state index in [-0.39, 0.29) is 0 Å². The smallest absolute Gasteiger partial charge is 0.118 e. The van der Waals surface area contributed by atoms with E-state index in [2.05, 4.69) is 0 Å². The Morgan fingerprint density at radius 1 is 1.00 bits per heavy atom. The number of hydrogen-bond acceptors (Lipinski definition) is 2.